The summed E-state index contributed by atoms with van der Waals surface area (Å²) in [6.07, 6.45) is 3.55. The van der Waals surface area contributed by atoms with E-state index in [1.54, 1.807) is 6.08 Å². The summed E-state index contributed by atoms with van der Waals surface area (Å²) in [5.74, 6) is 0. The van der Waals surface area contributed by atoms with Gasteiger partial charge in [0.05, 0.1) is 0 Å². The Morgan fingerprint density at radius 2 is 2.33 bits per heavy atom. The third-order valence-corrected chi connectivity index (χ3v) is 0.508. The summed E-state index contributed by atoms with van der Waals surface area (Å²) >= 11 is 3.97. The van der Waals surface area contributed by atoms with E-state index < -0.39 is 0 Å². The molecule has 0 bridgehead atoms. The van der Waals surface area contributed by atoms with Crippen molar-refractivity contribution >= 4 is 12.6 Å². The zero-order valence-electron chi connectivity index (χ0n) is 3.81. The van der Waals surface area contributed by atoms with Crippen LogP contribution in [0.15, 0.2) is 23.6 Å². The largest absolute Gasteiger partial charge is 0.148 e. The molecule has 0 unspecified atom stereocenters. The lowest BCUT2D eigenvalue weighted by molar-refractivity contribution is 1.69. The molecule has 0 spiro atoms. The highest BCUT2D eigenvalue weighted by Crippen LogP contribution is 1.94. The van der Waals surface area contributed by atoms with Crippen LogP contribution in [0.4, 0.5) is 0 Å². The SMILES string of the molecule is C=C/C=C(/C)S. The molecule has 34 valence electrons. The number of hydrogen-bond acceptors (Lipinski definition) is 1. The van der Waals surface area contributed by atoms with Gasteiger partial charge in [-0.3, -0.25) is 0 Å². The summed E-state index contributed by atoms with van der Waals surface area (Å²) in [7, 11) is 0. The third-order valence-electron chi connectivity index (χ3n) is 0.359. The molecule has 0 aromatic heterocycles. The Bertz CT molecular complexity index is 68.0. The topological polar surface area (TPSA) is 0 Å². The molecule has 0 aromatic carbocycles. The van der Waals surface area contributed by atoms with Crippen LogP contribution in [0.2, 0.25) is 0 Å². The molecule has 0 aliphatic carbocycles. The van der Waals surface area contributed by atoms with Gasteiger partial charge in [0, 0.05) is 0 Å². The molecule has 0 heterocycles. The van der Waals surface area contributed by atoms with Crippen LogP contribution in [0.1, 0.15) is 6.92 Å². The van der Waals surface area contributed by atoms with Crippen LogP contribution < -0.4 is 0 Å². The summed E-state index contributed by atoms with van der Waals surface area (Å²) in [6, 6.07) is 0. The summed E-state index contributed by atoms with van der Waals surface area (Å²) in [4.78, 5) is 0.991. The maximum absolute atomic E-state index is 3.97. The second-order valence-corrected chi connectivity index (χ2v) is 1.75. The summed E-state index contributed by atoms with van der Waals surface area (Å²) in [5.41, 5.74) is 0. The van der Waals surface area contributed by atoms with Gasteiger partial charge in [0.25, 0.3) is 0 Å². The lowest BCUT2D eigenvalue weighted by atomic mass is 10.5. The Morgan fingerprint density at radius 3 is 2.33 bits per heavy atom. The average Bonchev–Trinajstić information content (AvgIpc) is 1.35. The maximum atomic E-state index is 3.97. The molecule has 0 amide bonds. The summed E-state index contributed by atoms with van der Waals surface area (Å²) in [5, 5.41) is 0. The minimum absolute atomic E-state index is 0.991. The molecule has 0 aliphatic rings. The second kappa shape index (κ2) is 3.04. The van der Waals surface area contributed by atoms with Gasteiger partial charge in [0.2, 0.25) is 0 Å². The fourth-order valence-electron chi connectivity index (χ4n) is 0.171. The Labute approximate surface area is 44.0 Å². The van der Waals surface area contributed by atoms with E-state index in [1.807, 2.05) is 13.0 Å². The van der Waals surface area contributed by atoms with Crippen LogP contribution in [0.25, 0.3) is 0 Å². The molecule has 6 heavy (non-hydrogen) atoms. The molecule has 0 nitrogen and oxygen atoms in total. The van der Waals surface area contributed by atoms with E-state index >= 15 is 0 Å². The lowest BCUT2D eigenvalue weighted by Gasteiger charge is -1.75. The molecule has 0 aromatic rings. The first-order valence-corrected chi connectivity index (χ1v) is 2.20. The molecule has 0 aliphatic heterocycles. The van der Waals surface area contributed by atoms with Gasteiger partial charge in [-0.25, -0.2) is 0 Å². The van der Waals surface area contributed by atoms with Gasteiger partial charge in [-0.15, -0.1) is 12.6 Å². The molecule has 0 saturated heterocycles. The lowest BCUT2D eigenvalue weighted by Crippen LogP contribution is -1.49. The van der Waals surface area contributed by atoms with Crippen LogP contribution in [0, 0.1) is 0 Å². The quantitative estimate of drug-likeness (QED) is 0.378. The van der Waals surface area contributed by atoms with Crippen molar-refractivity contribution in [1.29, 1.82) is 0 Å². The van der Waals surface area contributed by atoms with Crippen molar-refractivity contribution in [1.82, 2.24) is 0 Å². The third kappa shape index (κ3) is 3.83. The van der Waals surface area contributed by atoms with Gasteiger partial charge in [0.15, 0.2) is 0 Å². The fraction of sp³-hybridized carbons (Fsp3) is 0.200. The molecule has 0 fully saturated rings. The molecule has 0 radical (unpaired) electrons. The highest BCUT2D eigenvalue weighted by Gasteiger charge is 1.64. The van der Waals surface area contributed by atoms with Crippen molar-refractivity contribution in [2.45, 2.75) is 6.92 Å². The predicted molar refractivity (Wildman–Crippen MR) is 32.9 cm³/mol. The van der Waals surface area contributed by atoms with Crippen molar-refractivity contribution in [3.05, 3.63) is 23.6 Å². The minimum atomic E-state index is 0.991. The first-order valence-electron chi connectivity index (χ1n) is 1.75. The van der Waals surface area contributed by atoms with Gasteiger partial charge in [0.1, 0.15) is 0 Å². The van der Waals surface area contributed by atoms with Crippen LogP contribution in [-0.4, -0.2) is 0 Å². The van der Waals surface area contributed by atoms with Crippen molar-refractivity contribution in [3.8, 4) is 0 Å². The summed E-state index contributed by atoms with van der Waals surface area (Å²) in [6.45, 7) is 5.38. The molecule has 0 saturated carbocycles. The predicted octanol–water partition coefficient (Wildman–Crippen LogP) is 2.01. The van der Waals surface area contributed by atoms with E-state index in [0.717, 1.165) is 4.91 Å². The van der Waals surface area contributed by atoms with Gasteiger partial charge < -0.3 is 0 Å². The van der Waals surface area contributed by atoms with Crippen molar-refractivity contribution in [2.75, 3.05) is 0 Å². The zero-order chi connectivity index (χ0) is 4.99. The van der Waals surface area contributed by atoms with E-state index in [1.165, 1.54) is 0 Å². The Balaban J connectivity index is 3.41. The molecule has 1 heteroatoms. The molecule has 0 N–H and O–H groups in total. The Hall–Kier alpha value is -0.170. The Morgan fingerprint density at radius 1 is 1.83 bits per heavy atom. The normalized spacial score (nSPS) is 11.3. The first-order chi connectivity index (χ1) is 2.77. The molecular weight excluding hydrogens is 92.1 g/mol. The van der Waals surface area contributed by atoms with E-state index in [9.17, 15) is 0 Å². The van der Waals surface area contributed by atoms with E-state index in [4.69, 9.17) is 0 Å². The van der Waals surface area contributed by atoms with Crippen LogP contribution >= 0.6 is 12.6 Å². The standard InChI is InChI=1S/C5H8S/c1-3-4-5(2)6/h3-4,6H,1H2,2H3/b5-4-. The molecular formula is C5H8S. The van der Waals surface area contributed by atoms with Crippen molar-refractivity contribution < 1.29 is 0 Å². The van der Waals surface area contributed by atoms with E-state index in [2.05, 4.69) is 19.2 Å². The highest BCUT2D eigenvalue weighted by molar-refractivity contribution is 7.84. The second-order valence-electron chi connectivity index (χ2n) is 1.04. The fourth-order valence-corrected chi connectivity index (χ4v) is 0.276. The number of thiol groups is 1. The molecule has 0 rings (SSSR count). The summed E-state index contributed by atoms with van der Waals surface area (Å²) < 4.78 is 0. The van der Waals surface area contributed by atoms with Crippen LogP contribution in [0.3, 0.4) is 0 Å². The Kier molecular flexibility index (Phi) is 2.95. The number of allylic oxidation sites excluding steroid dienone is 3. The van der Waals surface area contributed by atoms with E-state index in [-0.39, 0.29) is 0 Å². The van der Waals surface area contributed by atoms with Crippen LogP contribution in [-0.2, 0) is 0 Å². The van der Waals surface area contributed by atoms with Gasteiger partial charge >= 0.3 is 0 Å². The zero-order valence-corrected chi connectivity index (χ0v) is 4.70. The highest BCUT2D eigenvalue weighted by atomic mass is 32.1. The maximum Gasteiger partial charge on any atom is -0.0215 e. The van der Waals surface area contributed by atoms with Crippen molar-refractivity contribution in [3.63, 3.8) is 0 Å². The van der Waals surface area contributed by atoms with E-state index in [0.29, 0.717) is 0 Å². The minimum Gasteiger partial charge on any atom is -0.148 e. The average molecular weight is 100 g/mol. The van der Waals surface area contributed by atoms with Gasteiger partial charge in [-0.05, 0) is 11.8 Å². The van der Waals surface area contributed by atoms with Crippen molar-refractivity contribution in [2.24, 2.45) is 0 Å². The number of rotatable bonds is 1. The van der Waals surface area contributed by atoms with Gasteiger partial charge in [-0.1, -0.05) is 18.7 Å². The van der Waals surface area contributed by atoms with Gasteiger partial charge in [-0.2, -0.15) is 0 Å². The smallest absolute Gasteiger partial charge is 0.0215 e. The number of hydrogen-bond donors (Lipinski definition) is 1. The monoisotopic (exact) mass is 100 g/mol. The van der Waals surface area contributed by atoms with Crippen LogP contribution in [0.5, 0.6) is 0 Å². The molecule has 0 atom stereocenters. The first kappa shape index (κ1) is 5.83.